The predicted octanol–water partition coefficient (Wildman–Crippen LogP) is 2.66. The third-order valence-electron chi connectivity index (χ3n) is 1.78. The lowest BCUT2D eigenvalue weighted by Gasteiger charge is -2.20. The van der Waals surface area contributed by atoms with Gasteiger partial charge in [-0.05, 0) is 26.8 Å². The fourth-order valence-corrected chi connectivity index (χ4v) is 1.34. The molecule has 1 aliphatic carbocycles. The van der Waals surface area contributed by atoms with Crippen LogP contribution in [0.25, 0.3) is 0 Å². The van der Waals surface area contributed by atoms with Crippen molar-refractivity contribution in [3.05, 3.63) is 24.0 Å². The third kappa shape index (κ3) is 3.64. The minimum Gasteiger partial charge on any atom is -0.495 e. The van der Waals surface area contributed by atoms with Crippen LogP contribution < -0.4 is 0 Å². The quantitative estimate of drug-likeness (QED) is 0.665. The molecule has 0 saturated heterocycles. The molecule has 0 aromatic carbocycles. The van der Waals surface area contributed by atoms with Gasteiger partial charge in [0.05, 0.1) is 18.0 Å². The van der Waals surface area contributed by atoms with E-state index in [9.17, 15) is 0 Å². The van der Waals surface area contributed by atoms with Gasteiger partial charge >= 0.3 is 0 Å². The van der Waals surface area contributed by atoms with E-state index in [1.165, 1.54) is 0 Å². The summed E-state index contributed by atoms with van der Waals surface area (Å²) in [6, 6.07) is 0. The SMILES string of the molecule is CCOC1C=CC=C(OC(C)C)C1. The molecule has 0 fully saturated rings. The Hall–Kier alpha value is -0.760. The van der Waals surface area contributed by atoms with Gasteiger partial charge in [0.25, 0.3) is 0 Å². The first-order valence-electron chi connectivity index (χ1n) is 4.88. The Morgan fingerprint density at radius 3 is 2.92 bits per heavy atom. The van der Waals surface area contributed by atoms with Crippen molar-refractivity contribution >= 4 is 0 Å². The largest absolute Gasteiger partial charge is 0.495 e. The number of rotatable bonds is 4. The summed E-state index contributed by atoms with van der Waals surface area (Å²) in [6.45, 7) is 6.84. The minimum atomic E-state index is 0.198. The van der Waals surface area contributed by atoms with Gasteiger partial charge in [-0.3, -0.25) is 0 Å². The van der Waals surface area contributed by atoms with Crippen LogP contribution in [0.4, 0.5) is 0 Å². The van der Waals surface area contributed by atoms with Crippen LogP contribution in [0.5, 0.6) is 0 Å². The molecule has 0 N–H and O–H groups in total. The Balaban J connectivity index is 2.41. The highest BCUT2D eigenvalue weighted by molar-refractivity contribution is 5.16. The van der Waals surface area contributed by atoms with E-state index in [4.69, 9.17) is 9.47 Å². The molecule has 1 rings (SSSR count). The van der Waals surface area contributed by atoms with Crippen LogP contribution in [0.3, 0.4) is 0 Å². The van der Waals surface area contributed by atoms with Gasteiger partial charge in [-0.15, -0.1) is 0 Å². The zero-order valence-electron chi connectivity index (χ0n) is 8.62. The monoisotopic (exact) mass is 182 g/mol. The van der Waals surface area contributed by atoms with E-state index < -0.39 is 0 Å². The Morgan fingerprint density at radius 2 is 2.31 bits per heavy atom. The Morgan fingerprint density at radius 1 is 1.54 bits per heavy atom. The van der Waals surface area contributed by atoms with Crippen molar-refractivity contribution < 1.29 is 9.47 Å². The standard InChI is InChI=1S/C11H18O2/c1-4-12-10-6-5-7-11(8-10)13-9(2)3/h5-7,9-10H,4,8H2,1-3H3. The van der Waals surface area contributed by atoms with Crippen LogP contribution in [-0.2, 0) is 9.47 Å². The van der Waals surface area contributed by atoms with E-state index in [2.05, 4.69) is 6.08 Å². The van der Waals surface area contributed by atoms with Gasteiger partial charge in [-0.1, -0.05) is 12.2 Å². The van der Waals surface area contributed by atoms with E-state index in [-0.39, 0.29) is 12.2 Å². The Kier molecular flexibility index (Phi) is 4.03. The highest BCUT2D eigenvalue weighted by Crippen LogP contribution is 2.17. The Bertz CT molecular complexity index is 204. The predicted molar refractivity (Wildman–Crippen MR) is 53.5 cm³/mol. The molecule has 0 aliphatic heterocycles. The second kappa shape index (κ2) is 5.07. The van der Waals surface area contributed by atoms with Gasteiger partial charge in [0.1, 0.15) is 0 Å². The van der Waals surface area contributed by atoms with Crippen molar-refractivity contribution in [2.24, 2.45) is 0 Å². The first-order chi connectivity index (χ1) is 6.22. The maximum Gasteiger partial charge on any atom is 0.0992 e. The van der Waals surface area contributed by atoms with Gasteiger partial charge in [-0.25, -0.2) is 0 Å². The molecule has 0 heterocycles. The lowest BCUT2D eigenvalue weighted by atomic mass is 10.1. The molecule has 74 valence electrons. The van der Waals surface area contributed by atoms with Gasteiger partial charge in [0.15, 0.2) is 0 Å². The third-order valence-corrected chi connectivity index (χ3v) is 1.78. The number of hydrogen-bond acceptors (Lipinski definition) is 2. The summed E-state index contributed by atoms with van der Waals surface area (Å²) in [5.74, 6) is 1.02. The summed E-state index contributed by atoms with van der Waals surface area (Å²) in [4.78, 5) is 0. The van der Waals surface area contributed by atoms with Crippen LogP contribution in [0.2, 0.25) is 0 Å². The van der Waals surface area contributed by atoms with Crippen LogP contribution >= 0.6 is 0 Å². The van der Waals surface area contributed by atoms with Crippen molar-refractivity contribution in [2.75, 3.05) is 6.61 Å². The molecule has 2 heteroatoms. The summed E-state index contributed by atoms with van der Waals surface area (Å²) >= 11 is 0. The van der Waals surface area contributed by atoms with Crippen molar-refractivity contribution in [2.45, 2.75) is 39.4 Å². The van der Waals surface area contributed by atoms with E-state index in [1.807, 2.05) is 32.9 Å². The molecule has 0 bridgehead atoms. The summed E-state index contributed by atoms with van der Waals surface area (Å²) < 4.78 is 11.1. The summed E-state index contributed by atoms with van der Waals surface area (Å²) in [6.07, 6.45) is 7.39. The molecular formula is C11H18O2. The average Bonchev–Trinajstić information content (AvgIpc) is 2.04. The second-order valence-corrected chi connectivity index (χ2v) is 3.38. The van der Waals surface area contributed by atoms with Crippen molar-refractivity contribution in [1.82, 2.24) is 0 Å². The fraction of sp³-hybridized carbons (Fsp3) is 0.636. The minimum absolute atomic E-state index is 0.198. The van der Waals surface area contributed by atoms with E-state index in [0.29, 0.717) is 0 Å². The molecule has 0 amide bonds. The van der Waals surface area contributed by atoms with E-state index in [1.54, 1.807) is 0 Å². The molecule has 0 spiro atoms. The first kappa shape index (κ1) is 10.3. The highest BCUT2D eigenvalue weighted by atomic mass is 16.5. The molecule has 1 aliphatic rings. The van der Waals surface area contributed by atoms with E-state index in [0.717, 1.165) is 18.8 Å². The molecular weight excluding hydrogens is 164 g/mol. The topological polar surface area (TPSA) is 18.5 Å². The van der Waals surface area contributed by atoms with Crippen LogP contribution in [-0.4, -0.2) is 18.8 Å². The summed E-state index contributed by atoms with van der Waals surface area (Å²) in [7, 11) is 0. The maximum atomic E-state index is 5.60. The lowest BCUT2D eigenvalue weighted by Crippen LogP contribution is -2.15. The van der Waals surface area contributed by atoms with Gasteiger partial charge in [0.2, 0.25) is 0 Å². The fourth-order valence-electron chi connectivity index (χ4n) is 1.34. The maximum absolute atomic E-state index is 5.60. The van der Waals surface area contributed by atoms with Crippen molar-refractivity contribution in [1.29, 1.82) is 0 Å². The van der Waals surface area contributed by atoms with Gasteiger partial charge < -0.3 is 9.47 Å². The lowest BCUT2D eigenvalue weighted by molar-refractivity contribution is 0.0665. The number of allylic oxidation sites excluding steroid dienone is 2. The molecule has 0 aromatic rings. The van der Waals surface area contributed by atoms with Crippen LogP contribution in [0.15, 0.2) is 24.0 Å². The molecule has 0 saturated carbocycles. The first-order valence-corrected chi connectivity index (χ1v) is 4.88. The van der Waals surface area contributed by atoms with Gasteiger partial charge in [0, 0.05) is 13.0 Å². The van der Waals surface area contributed by atoms with E-state index >= 15 is 0 Å². The smallest absolute Gasteiger partial charge is 0.0992 e. The molecule has 13 heavy (non-hydrogen) atoms. The zero-order chi connectivity index (χ0) is 9.68. The number of hydrogen-bond donors (Lipinski definition) is 0. The normalized spacial score (nSPS) is 21.8. The van der Waals surface area contributed by atoms with Crippen LogP contribution in [0.1, 0.15) is 27.2 Å². The molecule has 1 unspecified atom stereocenters. The Labute approximate surface area is 80.2 Å². The van der Waals surface area contributed by atoms with Crippen LogP contribution in [0, 0.1) is 0 Å². The second-order valence-electron chi connectivity index (χ2n) is 3.38. The van der Waals surface area contributed by atoms with Gasteiger partial charge in [-0.2, -0.15) is 0 Å². The summed E-state index contributed by atoms with van der Waals surface area (Å²) in [5.41, 5.74) is 0. The molecule has 0 aromatic heterocycles. The molecule has 0 radical (unpaired) electrons. The highest BCUT2D eigenvalue weighted by Gasteiger charge is 2.12. The number of ether oxygens (including phenoxy) is 2. The summed E-state index contributed by atoms with van der Waals surface area (Å²) in [5, 5.41) is 0. The van der Waals surface area contributed by atoms with Crippen molar-refractivity contribution in [3.8, 4) is 0 Å². The molecule has 1 atom stereocenters. The van der Waals surface area contributed by atoms with Crippen molar-refractivity contribution in [3.63, 3.8) is 0 Å². The average molecular weight is 182 g/mol. The zero-order valence-corrected chi connectivity index (χ0v) is 8.62. The molecule has 2 nitrogen and oxygen atoms in total.